The number of rotatable bonds is 4. The third-order valence-electron chi connectivity index (χ3n) is 3.10. The molecule has 0 atom stereocenters. The first-order valence-corrected chi connectivity index (χ1v) is 12.2. The second kappa shape index (κ2) is 7.10. The molecule has 0 unspecified atom stereocenters. The molecule has 0 bridgehead atoms. The predicted octanol–water partition coefficient (Wildman–Crippen LogP) is 4.27. The van der Waals surface area contributed by atoms with Gasteiger partial charge in [0.15, 0.2) is 0 Å². The normalized spacial score (nSPS) is 13.4. The van der Waals surface area contributed by atoms with Crippen LogP contribution in [0.4, 0.5) is 13.2 Å². The summed E-state index contributed by atoms with van der Waals surface area (Å²) >= 11 is 1.36. The second-order valence-electron chi connectivity index (χ2n) is 6.46. The molecule has 2 aromatic rings. The van der Waals surface area contributed by atoms with E-state index in [-0.39, 0.29) is 5.69 Å². The molecule has 0 aliphatic carbocycles. The summed E-state index contributed by atoms with van der Waals surface area (Å²) in [7, 11) is -1.42. The third-order valence-corrected chi connectivity index (χ3v) is 4.96. The number of benzene rings is 1. The van der Waals surface area contributed by atoms with Crippen LogP contribution in [-0.4, -0.2) is 40.3 Å². The van der Waals surface area contributed by atoms with Gasteiger partial charge in [0.2, 0.25) is 0 Å². The zero-order chi connectivity index (χ0) is 18.0. The van der Waals surface area contributed by atoms with Gasteiger partial charge in [-0.3, -0.25) is 4.99 Å². The highest BCUT2D eigenvalue weighted by molar-refractivity contribution is 8.13. The van der Waals surface area contributed by atoms with Crippen molar-refractivity contribution in [3.8, 4) is 5.69 Å². The summed E-state index contributed by atoms with van der Waals surface area (Å²) in [5, 5.41) is 4.42. The Morgan fingerprint density at radius 1 is 1.29 bits per heavy atom. The molecule has 1 heterocycles. The van der Waals surface area contributed by atoms with E-state index in [4.69, 9.17) is 0 Å². The summed E-state index contributed by atoms with van der Waals surface area (Å²) in [6.07, 6.45) is 0.465. The molecule has 0 aliphatic heterocycles. The van der Waals surface area contributed by atoms with E-state index < -0.39 is 19.8 Å². The molecule has 130 valence electrons. The summed E-state index contributed by atoms with van der Waals surface area (Å²) in [4.78, 5) is 8.25. The van der Waals surface area contributed by atoms with E-state index in [1.54, 1.807) is 6.07 Å². The van der Waals surface area contributed by atoms with E-state index in [0.717, 1.165) is 10.7 Å². The maximum absolute atomic E-state index is 13.5. The van der Waals surface area contributed by atoms with Crippen LogP contribution in [0.25, 0.3) is 5.69 Å². The van der Waals surface area contributed by atoms with Gasteiger partial charge in [-0.15, -0.1) is 11.8 Å². The number of halogens is 3. The van der Waals surface area contributed by atoms with E-state index >= 15 is 0 Å². The Balaban J connectivity index is 2.50. The van der Waals surface area contributed by atoms with Crippen LogP contribution in [0.3, 0.4) is 0 Å². The molecule has 0 N–H and O–H groups in total. The molecule has 0 radical (unpaired) electrons. The first-order valence-electron chi connectivity index (χ1n) is 7.27. The molecule has 9 heteroatoms. The lowest BCUT2D eigenvalue weighted by molar-refractivity contribution is -0.137. The second-order valence-corrected chi connectivity index (χ2v) is 12.7. The van der Waals surface area contributed by atoms with Gasteiger partial charge in [-0.25, -0.2) is 9.67 Å². The average Bonchev–Trinajstić information content (AvgIpc) is 2.99. The van der Waals surface area contributed by atoms with Crippen molar-refractivity contribution < 1.29 is 13.2 Å². The smallest absolute Gasteiger partial charge is 0.281 e. The van der Waals surface area contributed by atoms with Crippen LogP contribution in [0.15, 0.2) is 35.8 Å². The van der Waals surface area contributed by atoms with Crippen LogP contribution < -0.4 is 0 Å². The highest BCUT2D eigenvalue weighted by Crippen LogP contribution is 2.35. The Labute approximate surface area is 144 Å². The van der Waals surface area contributed by atoms with Gasteiger partial charge in [-0.2, -0.15) is 18.3 Å². The van der Waals surface area contributed by atoms with Crippen LogP contribution in [0.2, 0.25) is 19.6 Å². The molecular formula is C15H19F3N4SSi. The number of nitrogens with zero attached hydrogens (tertiary/aromatic N) is 4. The van der Waals surface area contributed by atoms with E-state index in [0.29, 0.717) is 16.8 Å². The first kappa shape index (κ1) is 18.7. The minimum absolute atomic E-state index is 0.0469. The molecule has 2 rings (SSSR count). The molecule has 0 fully saturated rings. The van der Waals surface area contributed by atoms with Crippen LogP contribution in [0.5, 0.6) is 0 Å². The Bertz CT molecular complexity index is 721. The van der Waals surface area contributed by atoms with Crippen molar-refractivity contribution in [1.29, 1.82) is 0 Å². The largest absolute Gasteiger partial charge is 0.418 e. The molecule has 0 saturated heterocycles. The summed E-state index contributed by atoms with van der Waals surface area (Å²) in [6, 6.07) is 4.19. The Morgan fingerprint density at radius 2 is 2.00 bits per heavy atom. The van der Waals surface area contributed by atoms with Crippen molar-refractivity contribution in [3.63, 3.8) is 0 Å². The molecular weight excluding hydrogens is 353 g/mol. The van der Waals surface area contributed by atoms with Crippen molar-refractivity contribution >= 4 is 24.9 Å². The molecule has 0 saturated carbocycles. The molecule has 4 nitrogen and oxygen atoms in total. The lowest BCUT2D eigenvalue weighted by Gasteiger charge is -2.16. The van der Waals surface area contributed by atoms with Gasteiger partial charge in [0.05, 0.1) is 24.4 Å². The summed E-state index contributed by atoms with van der Waals surface area (Å²) < 4.78 is 41.5. The van der Waals surface area contributed by atoms with E-state index in [9.17, 15) is 13.2 Å². The number of aliphatic imine (C=N–C) groups is 1. The van der Waals surface area contributed by atoms with E-state index in [1.807, 2.05) is 6.26 Å². The van der Waals surface area contributed by atoms with Gasteiger partial charge >= 0.3 is 6.18 Å². The Kier molecular flexibility index (Phi) is 5.54. The molecule has 0 aliphatic rings. The monoisotopic (exact) mass is 372 g/mol. The highest BCUT2D eigenvalue weighted by atomic mass is 32.2. The molecule has 0 amide bonds. The topological polar surface area (TPSA) is 43.1 Å². The minimum Gasteiger partial charge on any atom is -0.281 e. The fourth-order valence-corrected chi connectivity index (χ4v) is 3.31. The maximum atomic E-state index is 13.5. The van der Waals surface area contributed by atoms with Crippen molar-refractivity contribution in [2.45, 2.75) is 25.8 Å². The lowest BCUT2D eigenvalue weighted by atomic mass is 10.1. The fourth-order valence-electron chi connectivity index (χ4n) is 2.01. The summed E-state index contributed by atoms with van der Waals surface area (Å²) in [6.45, 7) is 6.51. The maximum Gasteiger partial charge on any atom is 0.418 e. The number of alkyl halides is 3. The average molecular weight is 372 g/mol. The van der Waals surface area contributed by atoms with Gasteiger partial charge in [-0.1, -0.05) is 25.7 Å². The number of thioether (sulfide) groups is 1. The van der Waals surface area contributed by atoms with E-state index in [2.05, 4.69) is 34.7 Å². The fraction of sp³-hybridized carbons (Fsp3) is 0.400. The van der Waals surface area contributed by atoms with Crippen molar-refractivity contribution in [2.75, 3.05) is 12.4 Å². The van der Waals surface area contributed by atoms with Crippen molar-refractivity contribution in [2.24, 2.45) is 4.99 Å². The number of aromatic nitrogens is 3. The molecule has 1 aromatic carbocycles. The SMILES string of the molecule is CS/C(=N\C[Si](C)(C)C)c1ccc(-n2cncn2)c(C(F)(F)F)c1. The standard InChI is InChI=1S/C15H19F3N4SSi/c1-23-14(20-10-24(2,3)4)11-5-6-13(22-9-19-8-21-22)12(7-11)15(16,17)18/h5-9H,10H2,1-4H3/b20-14-. The van der Waals surface area contributed by atoms with E-state index in [1.165, 1.54) is 30.5 Å². The summed E-state index contributed by atoms with van der Waals surface area (Å²) in [5.41, 5.74) is -0.327. The molecule has 1 aromatic heterocycles. The number of hydrogen-bond donors (Lipinski definition) is 0. The predicted molar refractivity (Wildman–Crippen MR) is 94.6 cm³/mol. The highest BCUT2D eigenvalue weighted by Gasteiger charge is 2.35. The molecule has 0 spiro atoms. The van der Waals surface area contributed by atoms with Crippen LogP contribution in [0.1, 0.15) is 11.1 Å². The summed E-state index contributed by atoms with van der Waals surface area (Å²) in [5.74, 6) is 0. The lowest BCUT2D eigenvalue weighted by Crippen LogP contribution is -2.25. The Morgan fingerprint density at radius 3 is 2.50 bits per heavy atom. The minimum atomic E-state index is -4.49. The zero-order valence-electron chi connectivity index (χ0n) is 13.9. The van der Waals surface area contributed by atoms with Crippen molar-refractivity contribution in [1.82, 2.24) is 14.8 Å². The van der Waals surface area contributed by atoms with Gasteiger partial charge in [-0.05, 0) is 18.4 Å². The van der Waals surface area contributed by atoms with Crippen molar-refractivity contribution in [3.05, 3.63) is 42.0 Å². The molecule has 24 heavy (non-hydrogen) atoms. The van der Waals surface area contributed by atoms with Crippen LogP contribution >= 0.6 is 11.8 Å². The number of hydrogen-bond acceptors (Lipinski definition) is 4. The Hall–Kier alpha value is -1.61. The quantitative estimate of drug-likeness (QED) is 0.457. The van der Waals surface area contributed by atoms with Gasteiger partial charge in [0.1, 0.15) is 12.7 Å². The van der Waals surface area contributed by atoms with Crippen LogP contribution in [0, 0.1) is 0 Å². The van der Waals surface area contributed by atoms with Gasteiger partial charge < -0.3 is 0 Å². The third kappa shape index (κ3) is 4.70. The van der Waals surface area contributed by atoms with Gasteiger partial charge in [0, 0.05) is 11.7 Å². The zero-order valence-corrected chi connectivity index (χ0v) is 15.7. The van der Waals surface area contributed by atoms with Gasteiger partial charge in [0.25, 0.3) is 0 Å². The first-order chi connectivity index (χ1) is 11.1. The van der Waals surface area contributed by atoms with Crippen LogP contribution in [-0.2, 0) is 6.18 Å².